The number of aromatic nitrogens is 2. The molecule has 2 saturated carbocycles. The van der Waals surface area contributed by atoms with Gasteiger partial charge in [0.05, 0.1) is 57.9 Å². The first kappa shape index (κ1) is 57.1. The van der Waals surface area contributed by atoms with E-state index in [1.165, 1.54) is 6.07 Å². The van der Waals surface area contributed by atoms with Crippen LogP contribution in [0.25, 0.3) is 21.8 Å². The van der Waals surface area contributed by atoms with E-state index in [0.29, 0.717) is 94.6 Å². The topological polar surface area (TPSA) is 223 Å². The van der Waals surface area contributed by atoms with Gasteiger partial charge in [0.15, 0.2) is 11.3 Å². The number of alkyl carbamates (subject to hydrolysis) is 1. The molecule has 2 aromatic heterocycles. The van der Waals surface area contributed by atoms with Crippen molar-refractivity contribution in [3.63, 3.8) is 0 Å². The van der Waals surface area contributed by atoms with Gasteiger partial charge in [-0.25, -0.2) is 18.7 Å². The number of rotatable bonds is 20. The zero-order chi connectivity index (χ0) is 53.7. The van der Waals surface area contributed by atoms with Crippen molar-refractivity contribution in [1.29, 1.82) is 0 Å². The van der Waals surface area contributed by atoms with Gasteiger partial charge in [-0.15, -0.1) is 0 Å². The Labute approximate surface area is 437 Å². The van der Waals surface area contributed by atoms with E-state index in [0.717, 1.165) is 0 Å². The summed E-state index contributed by atoms with van der Waals surface area (Å²) in [6, 6.07) is 11.9. The maximum Gasteiger partial charge on any atom is 0.408 e. The van der Waals surface area contributed by atoms with Crippen LogP contribution in [0.5, 0.6) is 17.5 Å². The third kappa shape index (κ3) is 14.8. The molecule has 0 bridgehead atoms. The molecule has 18 nitrogen and oxygen atoms in total. The number of carbonyl (C=O) groups is 3. The lowest BCUT2D eigenvalue weighted by atomic mass is 9.85. The standard InChI is InChI=1S/C40H57ClN4O10S.C12H12ClNO3/c1-11-25-22-40(25,35(47)44-56(49,50)55-39(9)15-16-39)21-24(2)29-19-26(23-45(29)34(46)33(37(3,4)5)43-36(48)54-38(6,7)8)53-30-20-31(52-18-17-51-10)42-32-27(30)13-12-14-28(32)41;1-16-5-6-17-11-7-10(15)8-3-2-4-9(13)12(8)14-11/h12-14,20,25-26,29,33H,2,11,15-19,21-23H2,1,3-10H3,(H,43,48)(H,44,47);2-4,7H,5-6H2,1H3,(H,14,15)/t25-,26-,29+,33-,40+;/m1./s1. The minimum Gasteiger partial charge on any atom is -0.488 e. The van der Waals surface area contributed by atoms with Crippen LogP contribution in [-0.4, -0.2) is 118 Å². The molecule has 4 aromatic rings. The predicted molar refractivity (Wildman–Crippen MR) is 279 cm³/mol. The molecule has 21 heteroatoms. The molecule has 400 valence electrons. The van der Waals surface area contributed by atoms with Crippen LogP contribution in [0.1, 0.15) is 93.9 Å². The van der Waals surface area contributed by atoms with Gasteiger partial charge in [-0.05, 0) is 89.0 Å². The highest BCUT2D eigenvalue weighted by molar-refractivity contribution is 7.85. The minimum absolute atomic E-state index is 0.104. The van der Waals surface area contributed by atoms with Gasteiger partial charge < -0.3 is 43.6 Å². The lowest BCUT2D eigenvalue weighted by Gasteiger charge is -2.36. The second kappa shape index (κ2) is 23.2. The third-order valence-electron chi connectivity index (χ3n) is 12.9. The highest BCUT2D eigenvalue weighted by Crippen LogP contribution is 2.59. The zero-order valence-electron chi connectivity index (χ0n) is 43.3. The van der Waals surface area contributed by atoms with Gasteiger partial charge in [0.2, 0.25) is 17.7 Å². The lowest BCUT2D eigenvalue weighted by molar-refractivity contribution is -0.136. The van der Waals surface area contributed by atoms with Gasteiger partial charge in [-0.1, -0.05) is 81.6 Å². The number of ether oxygens (including phenoxy) is 6. The second-order valence-corrected chi connectivity index (χ2v) is 23.2. The number of nitrogens with zero attached hydrogens (tertiary/aromatic N) is 2. The first-order valence-corrected chi connectivity index (χ1v) is 26.4. The van der Waals surface area contributed by atoms with Crippen LogP contribution in [0.15, 0.2) is 65.5 Å². The van der Waals surface area contributed by atoms with Crippen molar-refractivity contribution in [2.75, 3.05) is 47.2 Å². The van der Waals surface area contributed by atoms with Crippen LogP contribution >= 0.6 is 23.2 Å². The quantitative estimate of drug-likeness (QED) is 0.0557. The normalized spacial score (nSPS) is 20.6. The number of likely N-dealkylation sites (tertiary alicyclic amines) is 1. The van der Waals surface area contributed by atoms with E-state index in [4.69, 9.17) is 55.8 Å². The molecule has 1 saturated heterocycles. The number of carbonyl (C=O) groups excluding carboxylic acids is 3. The smallest absolute Gasteiger partial charge is 0.408 e. The number of nitrogens with one attached hydrogen (secondary N) is 3. The maximum atomic E-state index is 14.8. The van der Waals surface area contributed by atoms with Crippen molar-refractivity contribution < 1.29 is 55.4 Å². The molecular weight excluding hydrogens is 1010 g/mol. The van der Waals surface area contributed by atoms with Gasteiger partial charge in [-0.2, -0.15) is 8.42 Å². The Balaban J connectivity index is 0.000000429. The van der Waals surface area contributed by atoms with Gasteiger partial charge in [0.1, 0.15) is 36.7 Å². The summed E-state index contributed by atoms with van der Waals surface area (Å²) in [5, 5.41) is 4.89. The van der Waals surface area contributed by atoms with E-state index >= 15 is 0 Å². The van der Waals surface area contributed by atoms with Crippen LogP contribution in [0.2, 0.25) is 10.0 Å². The highest BCUT2D eigenvalue weighted by Gasteiger charge is 2.60. The molecule has 2 aliphatic carbocycles. The summed E-state index contributed by atoms with van der Waals surface area (Å²) < 4.78 is 66.7. The first-order chi connectivity index (χ1) is 34.2. The molecule has 2 aromatic carbocycles. The Bertz CT molecular complexity index is 2850. The summed E-state index contributed by atoms with van der Waals surface area (Å²) in [6.45, 7) is 20.3. The number of hydrogen-bond acceptors (Lipinski definition) is 14. The van der Waals surface area contributed by atoms with Gasteiger partial charge in [0, 0.05) is 43.5 Å². The van der Waals surface area contributed by atoms with Gasteiger partial charge in [0.25, 0.3) is 0 Å². The number of amides is 3. The fraction of sp³-hybridized carbons (Fsp3) is 0.558. The van der Waals surface area contributed by atoms with E-state index < -0.39 is 62.5 Å². The average Bonchev–Trinajstić information content (AvgIpc) is 4.16. The van der Waals surface area contributed by atoms with E-state index in [1.807, 2.05) is 33.8 Å². The molecule has 0 unspecified atom stereocenters. The summed E-state index contributed by atoms with van der Waals surface area (Å²) in [6.07, 6.45) is 1.33. The number of H-pyrrole nitrogens is 1. The van der Waals surface area contributed by atoms with E-state index in [1.54, 1.807) is 83.2 Å². The Morgan fingerprint density at radius 1 is 0.945 bits per heavy atom. The van der Waals surface area contributed by atoms with Crippen molar-refractivity contribution in [3.8, 4) is 17.5 Å². The average molecular weight is 1080 g/mol. The lowest BCUT2D eigenvalue weighted by Crippen LogP contribution is -2.56. The molecule has 3 amide bonds. The number of halogens is 2. The van der Waals surface area contributed by atoms with Crippen molar-refractivity contribution in [3.05, 3.63) is 81.0 Å². The van der Waals surface area contributed by atoms with E-state index in [-0.39, 0.29) is 49.1 Å². The monoisotopic (exact) mass is 1070 g/mol. The van der Waals surface area contributed by atoms with Crippen molar-refractivity contribution in [2.24, 2.45) is 16.7 Å². The summed E-state index contributed by atoms with van der Waals surface area (Å²) in [5.41, 5.74) is -1.92. The van der Waals surface area contributed by atoms with Gasteiger partial charge >= 0.3 is 16.4 Å². The summed E-state index contributed by atoms with van der Waals surface area (Å²) in [4.78, 5) is 62.7. The summed E-state index contributed by atoms with van der Waals surface area (Å²) in [5.74, 6) is -0.0374. The number of pyridine rings is 2. The Kier molecular flexibility index (Phi) is 18.1. The van der Waals surface area contributed by atoms with Crippen molar-refractivity contribution in [1.82, 2.24) is 24.9 Å². The second-order valence-electron chi connectivity index (χ2n) is 21.1. The molecule has 3 N–H and O–H groups in total. The number of fused-ring (bicyclic) bond motifs is 2. The van der Waals surface area contributed by atoms with Crippen LogP contribution in [-0.2, 0) is 38.3 Å². The number of benzene rings is 2. The molecule has 7 rings (SSSR count). The molecule has 3 heterocycles. The largest absolute Gasteiger partial charge is 0.488 e. The molecule has 0 radical (unpaired) electrons. The predicted octanol–water partition coefficient (Wildman–Crippen LogP) is 8.70. The fourth-order valence-corrected chi connectivity index (χ4v) is 10.4. The number of para-hydroxylation sites is 2. The summed E-state index contributed by atoms with van der Waals surface area (Å²) in [7, 11) is -1.20. The number of hydrogen-bond donors (Lipinski definition) is 3. The van der Waals surface area contributed by atoms with Crippen molar-refractivity contribution in [2.45, 2.75) is 123 Å². The summed E-state index contributed by atoms with van der Waals surface area (Å²) >= 11 is 12.6. The fourth-order valence-electron chi connectivity index (χ4n) is 8.79. The van der Waals surface area contributed by atoms with Crippen LogP contribution in [0.3, 0.4) is 0 Å². The highest BCUT2D eigenvalue weighted by atomic mass is 35.5. The van der Waals surface area contributed by atoms with Crippen LogP contribution in [0, 0.1) is 16.7 Å². The first-order valence-electron chi connectivity index (χ1n) is 24.3. The minimum atomic E-state index is -4.36. The zero-order valence-corrected chi connectivity index (χ0v) is 45.6. The van der Waals surface area contributed by atoms with Crippen molar-refractivity contribution >= 4 is 73.2 Å². The van der Waals surface area contributed by atoms with E-state index in [2.05, 4.69) is 26.6 Å². The molecule has 73 heavy (non-hydrogen) atoms. The Hall–Kier alpha value is -5.18. The number of methoxy groups -OCH3 is 2. The van der Waals surface area contributed by atoms with Crippen LogP contribution in [0.4, 0.5) is 4.79 Å². The SMILES string of the molecule is C=C(C[C@]1(C(=O)NS(=O)(=O)OC2(C)CC2)C[C@H]1CC)[C@@H]1C[C@@H](Oc2cc(OCCOC)nc3c(Cl)cccc23)CN1C(=O)[C@@H](NC(=O)OC(C)(C)C)C(C)(C)C.COCCOc1cc(=O)c2cccc(Cl)c2[nH]1. The number of aromatic amines is 1. The Morgan fingerprint density at radius 2 is 1.59 bits per heavy atom. The molecule has 0 spiro atoms. The van der Waals surface area contributed by atoms with E-state index in [9.17, 15) is 27.6 Å². The molecule has 1 aliphatic heterocycles. The Morgan fingerprint density at radius 3 is 2.19 bits per heavy atom. The maximum absolute atomic E-state index is 14.8. The van der Waals surface area contributed by atoms with Crippen LogP contribution < -0.4 is 29.7 Å². The molecule has 3 fully saturated rings. The van der Waals surface area contributed by atoms with Gasteiger partial charge in [-0.3, -0.25) is 14.4 Å². The molecule has 5 atom stereocenters. The molecule has 3 aliphatic rings. The molecular formula is C52H69Cl2N5O13S. The third-order valence-corrected chi connectivity index (χ3v) is 14.6.